The third kappa shape index (κ3) is 5.52. The van der Waals surface area contributed by atoms with E-state index in [9.17, 15) is 15.3 Å². The van der Waals surface area contributed by atoms with E-state index in [1.165, 1.54) is 0 Å². The van der Waals surface area contributed by atoms with Gasteiger partial charge in [-0.3, -0.25) is 10.7 Å². The average molecular weight is 497 g/mol. The summed E-state index contributed by atoms with van der Waals surface area (Å²) in [5, 5.41) is 31.0. The molecule has 3 rings (SSSR count). The highest BCUT2D eigenvalue weighted by molar-refractivity contribution is 5.95. The first-order valence-electron chi connectivity index (χ1n) is 13.7. The Morgan fingerprint density at radius 2 is 1.60 bits per heavy atom. The van der Waals surface area contributed by atoms with Crippen molar-refractivity contribution in [1.29, 1.82) is 0 Å². The van der Waals surface area contributed by atoms with Gasteiger partial charge in [-0.2, -0.15) is 0 Å². The predicted octanol–water partition coefficient (Wildman–Crippen LogP) is 1.47. The molecule has 10 nitrogen and oxygen atoms in total. The molecule has 0 saturated carbocycles. The first kappa shape index (κ1) is 28.3. The summed E-state index contributed by atoms with van der Waals surface area (Å²) in [6.07, 6.45) is 7.72. The highest BCUT2D eigenvalue weighted by Gasteiger charge is 2.61. The third-order valence-corrected chi connectivity index (χ3v) is 7.80. The van der Waals surface area contributed by atoms with Crippen molar-refractivity contribution in [2.24, 2.45) is 21.5 Å². The second-order valence-corrected chi connectivity index (χ2v) is 10.4. The standard InChI is InChI=1S/C25H48N6O4/c1-4-7-10-13-24-22(26)29-25(27,14-11-8-5-2)31(15-12-9-6-3)23(24)30(17-28-24)21-20(34)19(33)18(16-32)35-21/h17-21,23,32-34H,4-16,27H2,1-3H3,(H2,26,29)/t18-,19?,20?,21-,23?,24?,25?/m1/s1. The van der Waals surface area contributed by atoms with E-state index < -0.39 is 42.0 Å². The van der Waals surface area contributed by atoms with Crippen LogP contribution in [0.3, 0.4) is 0 Å². The molecule has 202 valence electrons. The van der Waals surface area contributed by atoms with E-state index in [-0.39, 0.29) is 6.61 Å². The van der Waals surface area contributed by atoms with Crippen LogP contribution >= 0.6 is 0 Å². The molecule has 7 N–H and O–H groups in total. The van der Waals surface area contributed by atoms with Crippen LogP contribution in [-0.2, 0) is 4.74 Å². The highest BCUT2D eigenvalue weighted by Crippen LogP contribution is 2.44. The van der Waals surface area contributed by atoms with E-state index in [2.05, 4.69) is 25.7 Å². The number of ether oxygens (including phenoxy) is 1. The lowest BCUT2D eigenvalue weighted by molar-refractivity contribution is -0.130. The molecular weight excluding hydrogens is 448 g/mol. The van der Waals surface area contributed by atoms with Crippen LogP contribution in [0.25, 0.3) is 0 Å². The van der Waals surface area contributed by atoms with E-state index in [4.69, 9.17) is 26.2 Å². The fraction of sp³-hybridized carbons (Fsp3) is 0.920. The zero-order valence-electron chi connectivity index (χ0n) is 21.8. The molecule has 7 atom stereocenters. The molecule has 3 aliphatic heterocycles. The van der Waals surface area contributed by atoms with Crippen molar-refractivity contribution in [3.05, 3.63) is 0 Å². The topological polar surface area (TPSA) is 153 Å². The van der Waals surface area contributed by atoms with Gasteiger partial charge in [0.05, 0.1) is 12.9 Å². The molecule has 0 aromatic heterocycles. The molecule has 3 heterocycles. The summed E-state index contributed by atoms with van der Waals surface area (Å²) in [4.78, 5) is 13.9. The maximum Gasteiger partial charge on any atom is 0.168 e. The lowest BCUT2D eigenvalue weighted by Crippen LogP contribution is -2.75. The largest absolute Gasteiger partial charge is 0.394 e. The van der Waals surface area contributed by atoms with E-state index in [1.54, 1.807) is 6.34 Å². The van der Waals surface area contributed by atoms with Gasteiger partial charge in [-0.15, -0.1) is 0 Å². The zero-order valence-corrected chi connectivity index (χ0v) is 21.8. The first-order chi connectivity index (χ1) is 16.8. The molecule has 0 radical (unpaired) electrons. The summed E-state index contributed by atoms with van der Waals surface area (Å²) < 4.78 is 5.95. The summed E-state index contributed by atoms with van der Waals surface area (Å²) >= 11 is 0. The van der Waals surface area contributed by atoms with E-state index in [1.807, 2.05) is 4.90 Å². The Balaban J connectivity index is 2.03. The molecule has 0 aromatic rings. The Morgan fingerprint density at radius 1 is 0.971 bits per heavy atom. The van der Waals surface area contributed by atoms with Crippen LogP contribution in [0.1, 0.15) is 91.4 Å². The number of aliphatic imine (C=N–C) groups is 2. The van der Waals surface area contributed by atoms with Gasteiger partial charge in [-0.1, -0.05) is 65.7 Å². The Morgan fingerprint density at radius 3 is 2.20 bits per heavy atom. The number of hydrogen-bond donors (Lipinski definition) is 5. The number of aliphatic hydroxyl groups excluding tert-OH is 3. The Hall–Kier alpha value is -1.30. The first-order valence-corrected chi connectivity index (χ1v) is 13.7. The second kappa shape index (κ2) is 12.3. The van der Waals surface area contributed by atoms with Crippen LogP contribution in [0, 0.1) is 0 Å². The van der Waals surface area contributed by atoms with Crippen molar-refractivity contribution in [2.75, 3.05) is 13.2 Å². The van der Waals surface area contributed by atoms with Crippen LogP contribution in [0.15, 0.2) is 9.98 Å². The summed E-state index contributed by atoms with van der Waals surface area (Å²) in [5.41, 5.74) is 13.0. The van der Waals surface area contributed by atoms with Crippen LogP contribution in [0.4, 0.5) is 0 Å². The number of aliphatic hydroxyl groups is 3. The molecule has 1 fully saturated rings. The van der Waals surface area contributed by atoms with Crippen molar-refractivity contribution in [3.8, 4) is 0 Å². The molecule has 0 spiro atoms. The monoisotopic (exact) mass is 496 g/mol. The van der Waals surface area contributed by atoms with Crippen molar-refractivity contribution < 1.29 is 20.1 Å². The minimum atomic E-state index is -1.20. The van der Waals surface area contributed by atoms with E-state index >= 15 is 0 Å². The van der Waals surface area contributed by atoms with Crippen molar-refractivity contribution >= 4 is 12.2 Å². The van der Waals surface area contributed by atoms with Gasteiger partial charge in [-0.25, -0.2) is 9.89 Å². The number of nitrogens with two attached hydrogens (primary N) is 2. The smallest absolute Gasteiger partial charge is 0.168 e. The summed E-state index contributed by atoms with van der Waals surface area (Å²) in [6, 6.07) is 0. The number of fused-ring (bicyclic) bond motifs is 1. The van der Waals surface area contributed by atoms with Gasteiger partial charge in [0.25, 0.3) is 0 Å². The molecule has 3 aliphatic rings. The minimum absolute atomic E-state index is 0.381. The fourth-order valence-electron chi connectivity index (χ4n) is 5.72. The number of nitrogens with zero attached hydrogens (tertiary/aromatic N) is 4. The summed E-state index contributed by atoms with van der Waals surface area (Å²) in [7, 11) is 0. The van der Waals surface area contributed by atoms with Crippen LogP contribution in [0.2, 0.25) is 0 Å². The molecule has 0 amide bonds. The second-order valence-electron chi connectivity index (χ2n) is 10.4. The fourth-order valence-corrected chi connectivity index (χ4v) is 5.72. The maximum absolute atomic E-state index is 10.9. The van der Waals surface area contributed by atoms with Gasteiger partial charge >= 0.3 is 0 Å². The molecule has 1 saturated heterocycles. The van der Waals surface area contributed by atoms with Crippen LogP contribution in [0.5, 0.6) is 0 Å². The zero-order chi connectivity index (χ0) is 25.6. The quantitative estimate of drug-likeness (QED) is 0.227. The van der Waals surface area contributed by atoms with Gasteiger partial charge in [-0.05, 0) is 19.3 Å². The Labute approximate surface area is 210 Å². The normalized spacial score (nSPS) is 37.2. The Kier molecular flexibility index (Phi) is 9.93. The van der Waals surface area contributed by atoms with Crippen LogP contribution in [-0.4, -0.2) is 92.5 Å². The molecule has 35 heavy (non-hydrogen) atoms. The lowest BCUT2D eigenvalue weighted by atomic mass is 9.84. The van der Waals surface area contributed by atoms with Crippen molar-refractivity contribution in [3.63, 3.8) is 0 Å². The predicted molar refractivity (Wildman–Crippen MR) is 138 cm³/mol. The van der Waals surface area contributed by atoms with Gasteiger partial charge in [0.2, 0.25) is 0 Å². The molecule has 0 bridgehead atoms. The number of unbranched alkanes of at least 4 members (excludes halogenated alkanes) is 6. The number of amidine groups is 1. The highest BCUT2D eigenvalue weighted by atomic mass is 16.6. The van der Waals surface area contributed by atoms with Gasteiger partial charge in [0.1, 0.15) is 30.3 Å². The lowest BCUT2D eigenvalue weighted by Gasteiger charge is -2.54. The Bertz CT molecular complexity index is 739. The number of rotatable bonds is 14. The third-order valence-electron chi connectivity index (χ3n) is 7.80. The SMILES string of the molecule is CCCCCN1C2N([C@@H]3O[C@H](CO)C(O)C3O)C=NC2(CCCCC)C(N)=NC1(N)CCCCC. The minimum Gasteiger partial charge on any atom is -0.394 e. The van der Waals surface area contributed by atoms with Crippen molar-refractivity contribution in [2.45, 2.75) is 133 Å². The van der Waals surface area contributed by atoms with E-state index in [0.29, 0.717) is 25.2 Å². The maximum atomic E-state index is 10.9. The van der Waals surface area contributed by atoms with Gasteiger partial charge in [0.15, 0.2) is 17.6 Å². The van der Waals surface area contributed by atoms with Gasteiger partial charge < -0.3 is 30.7 Å². The van der Waals surface area contributed by atoms with Gasteiger partial charge in [0, 0.05) is 13.0 Å². The van der Waals surface area contributed by atoms with Crippen LogP contribution < -0.4 is 11.5 Å². The average Bonchev–Trinajstić information content (AvgIpc) is 3.35. The number of hydrogen-bond acceptors (Lipinski definition) is 10. The van der Waals surface area contributed by atoms with E-state index in [0.717, 1.165) is 57.8 Å². The molecular formula is C25H48N6O4. The summed E-state index contributed by atoms with van der Waals surface area (Å²) in [6.45, 7) is 6.82. The molecule has 0 aliphatic carbocycles. The molecule has 5 unspecified atom stereocenters. The molecule has 0 aromatic carbocycles. The summed E-state index contributed by atoms with van der Waals surface area (Å²) in [5.74, 6) is -0.564. The molecule has 10 heteroatoms. The van der Waals surface area contributed by atoms with Crippen molar-refractivity contribution in [1.82, 2.24) is 9.80 Å².